The number of H-pyrrole nitrogens is 1. The van der Waals surface area contributed by atoms with Crippen LogP contribution in [0.2, 0.25) is 0 Å². The largest absolute Gasteiger partial charge is 0.346 e. The van der Waals surface area contributed by atoms with Crippen molar-refractivity contribution in [1.29, 1.82) is 0 Å². The van der Waals surface area contributed by atoms with Gasteiger partial charge in [0.05, 0.1) is 5.39 Å². The van der Waals surface area contributed by atoms with Gasteiger partial charge in [0.1, 0.15) is 11.5 Å². The van der Waals surface area contributed by atoms with Crippen LogP contribution in [0.1, 0.15) is 23.1 Å². The molecular formula is C10H11N3O2. The number of fused-ring (bicyclic) bond motifs is 1. The monoisotopic (exact) mass is 205 g/mol. The number of carbonyl (C=O) groups is 1. The first-order valence-corrected chi connectivity index (χ1v) is 4.60. The van der Waals surface area contributed by atoms with Crippen molar-refractivity contribution in [2.45, 2.75) is 20.8 Å². The second-order valence-electron chi connectivity index (χ2n) is 3.51. The molecule has 0 fully saturated rings. The molecule has 0 spiro atoms. The zero-order valence-corrected chi connectivity index (χ0v) is 8.79. The number of aryl methyl sites for hydroxylation is 2. The van der Waals surface area contributed by atoms with Crippen LogP contribution in [0, 0.1) is 13.8 Å². The van der Waals surface area contributed by atoms with E-state index in [0.29, 0.717) is 16.9 Å². The lowest BCUT2D eigenvalue weighted by Crippen LogP contribution is -2.28. The number of nitrogens with one attached hydrogen (secondary N) is 1. The highest BCUT2D eigenvalue weighted by Crippen LogP contribution is 2.11. The summed E-state index contributed by atoms with van der Waals surface area (Å²) in [6.45, 7) is 4.80. The Bertz CT molecular complexity index is 607. The number of nitrogens with zero attached hydrogens (tertiary/aromatic N) is 2. The lowest BCUT2D eigenvalue weighted by Gasteiger charge is -2.04. The Hall–Kier alpha value is -1.91. The summed E-state index contributed by atoms with van der Waals surface area (Å²) in [7, 11) is 0. The lowest BCUT2D eigenvalue weighted by molar-refractivity contribution is 0.0929. The van der Waals surface area contributed by atoms with Gasteiger partial charge in [-0.15, -0.1) is 0 Å². The molecule has 0 aliphatic rings. The van der Waals surface area contributed by atoms with Gasteiger partial charge in [0.2, 0.25) is 5.91 Å². The van der Waals surface area contributed by atoms with Crippen LogP contribution in [0.3, 0.4) is 0 Å². The number of rotatable bonds is 0. The zero-order valence-electron chi connectivity index (χ0n) is 8.79. The first-order valence-electron chi connectivity index (χ1n) is 4.60. The van der Waals surface area contributed by atoms with Crippen LogP contribution in [0.5, 0.6) is 0 Å². The fourth-order valence-electron chi connectivity index (χ4n) is 1.71. The fourth-order valence-corrected chi connectivity index (χ4v) is 1.71. The van der Waals surface area contributed by atoms with E-state index < -0.39 is 0 Å². The van der Waals surface area contributed by atoms with Gasteiger partial charge in [-0.1, -0.05) is 0 Å². The molecule has 5 nitrogen and oxygen atoms in total. The Morgan fingerprint density at radius 3 is 2.73 bits per heavy atom. The third-order valence-electron chi connectivity index (χ3n) is 2.39. The van der Waals surface area contributed by atoms with Gasteiger partial charge in [-0.25, -0.2) is 9.55 Å². The first-order chi connectivity index (χ1) is 7.02. The van der Waals surface area contributed by atoms with Crippen molar-refractivity contribution >= 4 is 16.9 Å². The minimum absolute atomic E-state index is 0.302. The predicted molar refractivity (Wildman–Crippen MR) is 56.1 cm³/mol. The Balaban J connectivity index is 3.01. The summed E-state index contributed by atoms with van der Waals surface area (Å²) in [6, 6.07) is 0. The van der Waals surface area contributed by atoms with Gasteiger partial charge in [0.15, 0.2) is 0 Å². The number of hydrogen-bond donors (Lipinski definition) is 1. The Kier molecular flexibility index (Phi) is 1.96. The number of aromatic nitrogens is 3. The third kappa shape index (κ3) is 1.27. The molecule has 0 atom stereocenters. The van der Waals surface area contributed by atoms with E-state index in [-0.39, 0.29) is 11.5 Å². The van der Waals surface area contributed by atoms with Gasteiger partial charge >= 0.3 is 0 Å². The van der Waals surface area contributed by atoms with Gasteiger partial charge in [-0.05, 0) is 19.4 Å². The normalized spacial score (nSPS) is 10.9. The predicted octanol–water partition coefficient (Wildman–Crippen LogP) is 1.00. The molecule has 2 aromatic heterocycles. The summed E-state index contributed by atoms with van der Waals surface area (Å²) in [5, 5.41) is 0.482. The van der Waals surface area contributed by atoms with E-state index in [9.17, 15) is 9.59 Å². The van der Waals surface area contributed by atoms with Crippen molar-refractivity contribution in [2.75, 3.05) is 0 Å². The molecule has 78 valence electrons. The summed E-state index contributed by atoms with van der Waals surface area (Å²) < 4.78 is 1.09. The topological polar surface area (TPSA) is 67.8 Å². The maximum absolute atomic E-state index is 12.0. The van der Waals surface area contributed by atoms with Crippen LogP contribution >= 0.6 is 0 Å². The van der Waals surface area contributed by atoms with Crippen LogP contribution < -0.4 is 5.56 Å². The lowest BCUT2D eigenvalue weighted by atomic mass is 10.2. The minimum Gasteiger partial charge on any atom is -0.346 e. The highest BCUT2D eigenvalue weighted by atomic mass is 16.2. The van der Waals surface area contributed by atoms with E-state index in [1.54, 1.807) is 13.1 Å². The summed E-state index contributed by atoms with van der Waals surface area (Å²) in [5.74, 6) is 0.0920. The number of hydrogen-bond acceptors (Lipinski definition) is 3. The average Bonchev–Trinajstić information content (AvgIpc) is 2.46. The molecule has 0 bridgehead atoms. The van der Waals surface area contributed by atoms with E-state index in [4.69, 9.17) is 0 Å². The molecule has 0 radical (unpaired) electrons. The highest BCUT2D eigenvalue weighted by molar-refractivity contribution is 5.83. The first kappa shape index (κ1) is 9.64. The van der Waals surface area contributed by atoms with Gasteiger partial charge in [0, 0.05) is 13.1 Å². The van der Waals surface area contributed by atoms with Crippen LogP contribution in [-0.2, 0) is 0 Å². The second-order valence-corrected chi connectivity index (χ2v) is 3.51. The van der Waals surface area contributed by atoms with Crippen molar-refractivity contribution < 1.29 is 4.79 Å². The Labute approximate surface area is 85.8 Å². The maximum Gasteiger partial charge on any atom is 0.270 e. The van der Waals surface area contributed by atoms with Gasteiger partial charge in [-0.3, -0.25) is 9.59 Å². The number of aromatic amines is 1. The SMILES string of the molecule is CC(=O)n1c(C)nc2[nH]cc(C)c2c1=O. The van der Waals surface area contributed by atoms with Crippen LogP contribution in [0.15, 0.2) is 11.0 Å². The van der Waals surface area contributed by atoms with Gasteiger partial charge < -0.3 is 4.98 Å². The van der Waals surface area contributed by atoms with Gasteiger partial charge in [-0.2, -0.15) is 0 Å². The van der Waals surface area contributed by atoms with E-state index in [1.807, 2.05) is 6.92 Å². The quantitative estimate of drug-likeness (QED) is 0.697. The average molecular weight is 205 g/mol. The van der Waals surface area contributed by atoms with Crippen molar-refractivity contribution in [3.63, 3.8) is 0 Å². The molecule has 15 heavy (non-hydrogen) atoms. The van der Waals surface area contributed by atoms with Crippen LogP contribution in [-0.4, -0.2) is 20.4 Å². The van der Waals surface area contributed by atoms with Crippen molar-refractivity contribution in [3.05, 3.63) is 27.9 Å². The molecule has 0 aliphatic heterocycles. The molecule has 0 aliphatic carbocycles. The second kappa shape index (κ2) is 3.05. The Morgan fingerprint density at radius 2 is 2.13 bits per heavy atom. The summed E-state index contributed by atoms with van der Waals surface area (Å²) in [6.07, 6.45) is 1.71. The summed E-state index contributed by atoms with van der Waals surface area (Å²) in [4.78, 5) is 30.3. The van der Waals surface area contributed by atoms with Crippen molar-refractivity contribution in [1.82, 2.24) is 14.5 Å². The molecule has 0 aromatic carbocycles. The summed E-state index contributed by atoms with van der Waals surface area (Å²) >= 11 is 0. The van der Waals surface area contributed by atoms with E-state index >= 15 is 0 Å². The van der Waals surface area contributed by atoms with E-state index in [1.165, 1.54) is 6.92 Å². The van der Waals surface area contributed by atoms with Crippen molar-refractivity contribution in [3.8, 4) is 0 Å². The van der Waals surface area contributed by atoms with Crippen LogP contribution in [0.4, 0.5) is 0 Å². The minimum atomic E-state index is -0.312. The molecule has 1 N–H and O–H groups in total. The molecule has 2 aromatic rings. The Morgan fingerprint density at radius 1 is 1.47 bits per heavy atom. The number of carbonyl (C=O) groups excluding carboxylic acids is 1. The molecule has 0 saturated heterocycles. The molecule has 2 heterocycles. The molecule has 0 unspecified atom stereocenters. The smallest absolute Gasteiger partial charge is 0.270 e. The van der Waals surface area contributed by atoms with Crippen LogP contribution in [0.25, 0.3) is 11.0 Å². The molecular weight excluding hydrogens is 194 g/mol. The highest BCUT2D eigenvalue weighted by Gasteiger charge is 2.13. The molecule has 2 rings (SSSR count). The standard InChI is InChI=1S/C10H11N3O2/c1-5-4-11-9-8(5)10(15)13(7(3)14)6(2)12-9/h4,11H,1-3H3. The third-order valence-corrected chi connectivity index (χ3v) is 2.39. The van der Waals surface area contributed by atoms with Crippen molar-refractivity contribution in [2.24, 2.45) is 0 Å². The van der Waals surface area contributed by atoms with E-state index in [0.717, 1.165) is 10.1 Å². The molecule has 5 heteroatoms. The van der Waals surface area contributed by atoms with E-state index in [2.05, 4.69) is 9.97 Å². The molecule has 0 saturated carbocycles. The van der Waals surface area contributed by atoms with Gasteiger partial charge in [0.25, 0.3) is 5.56 Å². The fraction of sp³-hybridized carbons (Fsp3) is 0.300. The zero-order chi connectivity index (χ0) is 11.2. The molecule has 0 amide bonds. The summed E-state index contributed by atoms with van der Waals surface area (Å²) in [5.41, 5.74) is 1.04. The maximum atomic E-state index is 12.0.